The van der Waals surface area contributed by atoms with Gasteiger partial charge in [-0.05, 0) is 40.9 Å². The van der Waals surface area contributed by atoms with E-state index < -0.39 is 15.7 Å². The minimum atomic E-state index is -3.38. The Kier molecular flexibility index (Phi) is 5.31. The fourth-order valence-corrected chi connectivity index (χ4v) is 4.30. The highest BCUT2D eigenvalue weighted by molar-refractivity contribution is 7.98. The number of carbonyl (C=O) groups is 1. The molecule has 1 amide bonds. The number of aromatic nitrogens is 4. The summed E-state index contributed by atoms with van der Waals surface area (Å²) in [6.45, 7) is 0. The first-order chi connectivity index (χ1) is 14.4. The van der Waals surface area contributed by atoms with Crippen LogP contribution in [0.1, 0.15) is 16.1 Å². The van der Waals surface area contributed by atoms with Crippen LogP contribution in [0.3, 0.4) is 0 Å². The zero-order valence-electron chi connectivity index (χ0n) is 16.1. The lowest BCUT2D eigenvalue weighted by atomic mass is 10.1. The Balaban J connectivity index is 1.69. The number of benzene rings is 2. The number of thioether (sulfide) groups is 1. The van der Waals surface area contributed by atoms with Crippen LogP contribution in [0.15, 0.2) is 58.1 Å². The van der Waals surface area contributed by atoms with Crippen molar-refractivity contribution in [2.75, 3.05) is 17.8 Å². The van der Waals surface area contributed by atoms with Crippen LogP contribution in [0.5, 0.6) is 0 Å². The van der Waals surface area contributed by atoms with E-state index >= 15 is 0 Å². The van der Waals surface area contributed by atoms with E-state index in [4.69, 9.17) is 4.42 Å². The number of para-hydroxylation sites is 1. The second-order valence-corrected chi connectivity index (χ2v) is 9.47. The third-order valence-electron chi connectivity index (χ3n) is 4.28. The molecule has 1 N–H and O–H groups in total. The third-order valence-corrected chi connectivity index (χ3v) is 5.72. The monoisotopic (exact) mass is 443 g/mol. The molecule has 4 rings (SSSR count). The maximum Gasteiger partial charge on any atom is 0.291 e. The van der Waals surface area contributed by atoms with Gasteiger partial charge in [-0.3, -0.25) is 4.79 Å². The van der Waals surface area contributed by atoms with Crippen LogP contribution < -0.4 is 5.32 Å². The highest BCUT2D eigenvalue weighted by Crippen LogP contribution is 2.28. The zero-order valence-corrected chi connectivity index (χ0v) is 17.7. The van der Waals surface area contributed by atoms with Gasteiger partial charge in [-0.25, -0.2) is 8.42 Å². The van der Waals surface area contributed by atoms with Gasteiger partial charge in [-0.1, -0.05) is 36.0 Å². The largest absolute Gasteiger partial charge is 0.451 e. The van der Waals surface area contributed by atoms with Crippen molar-refractivity contribution < 1.29 is 17.6 Å². The molecule has 0 spiro atoms. The van der Waals surface area contributed by atoms with Crippen LogP contribution >= 0.6 is 11.8 Å². The fraction of sp³-hybridized carbons (Fsp3) is 0.158. The summed E-state index contributed by atoms with van der Waals surface area (Å²) in [6.07, 6.45) is 2.98. The summed E-state index contributed by atoms with van der Waals surface area (Å²) in [6, 6.07) is 13.9. The van der Waals surface area contributed by atoms with Crippen molar-refractivity contribution in [3.63, 3.8) is 0 Å². The van der Waals surface area contributed by atoms with Gasteiger partial charge in [-0.2, -0.15) is 4.68 Å². The van der Waals surface area contributed by atoms with E-state index in [1.807, 2.05) is 12.3 Å². The van der Waals surface area contributed by atoms with Gasteiger partial charge >= 0.3 is 0 Å². The molecule has 9 nitrogen and oxygen atoms in total. The summed E-state index contributed by atoms with van der Waals surface area (Å²) < 4.78 is 31.1. The molecule has 2 aromatic heterocycles. The second-order valence-electron chi connectivity index (χ2n) is 6.56. The lowest BCUT2D eigenvalue weighted by Gasteiger charge is -2.08. The van der Waals surface area contributed by atoms with E-state index in [-0.39, 0.29) is 11.5 Å². The number of furan rings is 1. The summed E-state index contributed by atoms with van der Waals surface area (Å²) in [7, 11) is -3.38. The number of tetrazole rings is 1. The number of anilines is 1. The van der Waals surface area contributed by atoms with Gasteiger partial charge in [0, 0.05) is 22.9 Å². The van der Waals surface area contributed by atoms with Gasteiger partial charge in [0.05, 0.1) is 11.4 Å². The summed E-state index contributed by atoms with van der Waals surface area (Å²) in [4.78, 5) is 13.0. The Morgan fingerprint density at radius 3 is 2.77 bits per heavy atom. The molecule has 11 heteroatoms. The molecule has 0 aliphatic rings. The van der Waals surface area contributed by atoms with Gasteiger partial charge in [0.25, 0.3) is 5.91 Å². The first kappa shape index (κ1) is 20.1. The van der Waals surface area contributed by atoms with Crippen LogP contribution in [0.25, 0.3) is 16.7 Å². The average molecular weight is 444 g/mol. The lowest BCUT2D eigenvalue weighted by molar-refractivity contribution is 0.0998. The molecule has 0 saturated heterocycles. The van der Waals surface area contributed by atoms with E-state index in [0.717, 1.165) is 6.26 Å². The highest BCUT2D eigenvalue weighted by atomic mass is 32.2. The number of hydrogen-bond acceptors (Lipinski definition) is 8. The number of nitrogens with one attached hydrogen (secondary N) is 1. The van der Waals surface area contributed by atoms with Crippen molar-refractivity contribution in [1.29, 1.82) is 0 Å². The molecule has 154 valence electrons. The van der Waals surface area contributed by atoms with E-state index in [1.54, 1.807) is 47.1 Å². The van der Waals surface area contributed by atoms with Crippen LogP contribution in [-0.4, -0.2) is 47.0 Å². The molecule has 2 aromatic carbocycles. The number of nitrogens with zero attached hydrogens (tertiary/aromatic N) is 4. The van der Waals surface area contributed by atoms with E-state index in [0.29, 0.717) is 33.1 Å². The quantitative estimate of drug-likeness (QED) is 0.452. The Morgan fingerprint density at radius 1 is 1.20 bits per heavy atom. The molecule has 4 aromatic rings. The lowest BCUT2D eigenvalue weighted by Crippen LogP contribution is -2.14. The highest BCUT2D eigenvalue weighted by Gasteiger charge is 2.23. The van der Waals surface area contributed by atoms with Crippen LogP contribution in [0.4, 0.5) is 5.69 Å². The van der Waals surface area contributed by atoms with E-state index in [1.165, 1.54) is 11.8 Å². The van der Waals surface area contributed by atoms with Crippen molar-refractivity contribution in [2.45, 2.75) is 10.9 Å². The number of fused-ring (bicyclic) bond motifs is 1. The predicted molar refractivity (Wildman–Crippen MR) is 114 cm³/mol. The maximum atomic E-state index is 13.0. The van der Waals surface area contributed by atoms with Gasteiger partial charge < -0.3 is 9.73 Å². The molecule has 0 radical (unpaired) electrons. The first-order valence-electron chi connectivity index (χ1n) is 8.78. The molecule has 2 heterocycles. The summed E-state index contributed by atoms with van der Waals surface area (Å²) in [5, 5.41) is 15.5. The summed E-state index contributed by atoms with van der Waals surface area (Å²) in [5.41, 5.74) is 1.95. The molecule has 0 saturated carbocycles. The number of amides is 1. The van der Waals surface area contributed by atoms with E-state index in [9.17, 15) is 13.2 Å². The molecular formula is C19H17N5O4S2. The molecule has 0 aliphatic heterocycles. The molecule has 0 fully saturated rings. The summed E-state index contributed by atoms with van der Waals surface area (Å²) in [5.74, 6) is -0.864. The van der Waals surface area contributed by atoms with Crippen molar-refractivity contribution >= 4 is 44.2 Å². The molecule has 0 unspecified atom stereocenters. The number of hydrogen-bond donors (Lipinski definition) is 1. The van der Waals surface area contributed by atoms with Crippen molar-refractivity contribution in [3.8, 4) is 5.69 Å². The Bertz CT molecular complexity index is 1340. The Hall–Kier alpha value is -3.18. The van der Waals surface area contributed by atoms with Gasteiger partial charge in [0.1, 0.15) is 5.58 Å². The second kappa shape index (κ2) is 7.92. The molecule has 0 aliphatic carbocycles. The molecular weight excluding hydrogens is 426 g/mol. The van der Waals surface area contributed by atoms with Gasteiger partial charge in [0.15, 0.2) is 15.6 Å². The number of carbonyl (C=O) groups excluding carboxylic acids is 1. The normalized spacial score (nSPS) is 11.7. The van der Waals surface area contributed by atoms with Crippen LogP contribution in [0, 0.1) is 0 Å². The van der Waals surface area contributed by atoms with E-state index in [2.05, 4.69) is 20.8 Å². The van der Waals surface area contributed by atoms with Crippen molar-refractivity contribution in [3.05, 3.63) is 59.9 Å². The Labute approximate surface area is 176 Å². The van der Waals surface area contributed by atoms with Crippen molar-refractivity contribution in [2.24, 2.45) is 0 Å². The van der Waals surface area contributed by atoms with Crippen LogP contribution in [0.2, 0.25) is 0 Å². The standard InChI is InChI=1S/C19H17N5O4S2/c1-29-19-21-22-23-24(19)13-7-5-6-12(10-13)20-18(25)17-15(11-30(2,26)27)14-8-3-4-9-16(14)28-17/h3-10H,11H2,1-2H3,(H,20,25). The number of sulfone groups is 1. The zero-order chi connectivity index (χ0) is 21.3. The fourth-order valence-electron chi connectivity index (χ4n) is 3.06. The number of rotatable bonds is 6. The molecule has 0 bridgehead atoms. The van der Waals surface area contributed by atoms with Gasteiger partial charge in [0.2, 0.25) is 5.16 Å². The molecule has 0 atom stereocenters. The summed E-state index contributed by atoms with van der Waals surface area (Å²) >= 11 is 1.39. The predicted octanol–water partition coefficient (Wildman–Crippen LogP) is 2.93. The SMILES string of the molecule is CSc1nnnn1-c1cccc(NC(=O)c2oc3ccccc3c2CS(C)(=O)=O)c1. The Morgan fingerprint density at radius 2 is 2.00 bits per heavy atom. The minimum Gasteiger partial charge on any atom is -0.451 e. The average Bonchev–Trinajstić information content (AvgIpc) is 3.32. The maximum absolute atomic E-state index is 13.0. The smallest absolute Gasteiger partial charge is 0.291 e. The van der Waals surface area contributed by atoms with Crippen LogP contribution in [-0.2, 0) is 15.6 Å². The van der Waals surface area contributed by atoms with Gasteiger partial charge in [-0.15, -0.1) is 5.10 Å². The third kappa shape index (κ3) is 4.07. The molecule has 30 heavy (non-hydrogen) atoms. The topological polar surface area (TPSA) is 120 Å². The van der Waals surface area contributed by atoms with Crippen molar-refractivity contribution in [1.82, 2.24) is 20.2 Å². The first-order valence-corrected chi connectivity index (χ1v) is 12.1. The minimum absolute atomic E-state index is 0.0285.